The highest BCUT2D eigenvalue weighted by Gasteiger charge is 2.26. The molecule has 0 radical (unpaired) electrons. The molecule has 1 aliphatic rings. The Kier molecular flexibility index (Phi) is 3.46. The van der Waals surface area contributed by atoms with Gasteiger partial charge >= 0.3 is 0 Å². The van der Waals surface area contributed by atoms with Crippen LogP contribution in [0.15, 0.2) is 12.3 Å². The lowest BCUT2D eigenvalue weighted by atomic mass is 10.0. The van der Waals surface area contributed by atoms with Crippen LogP contribution in [0.25, 0.3) is 0 Å². The Balaban J connectivity index is 1.96. The molecule has 0 aliphatic carbocycles. The van der Waals surface area contributed by atoms with E-state index >= 15 is 0 Å². The second-order valence-electron chi connectivity index (χ2n) is 3.82. The molecule has 0 aromatic carbocycles. The van der Waals surface area contributed by atoms with Crippen LogP contribution in [0.1, 0.15) is 16.9 Å². The van der Waals surface area contributed by atoms with Crippen LogP contribution in [0, 0.1) is 0 Å². The van der Waals surface area contributed by atoms with Crippen molar-refractivity contribution < 1.29 is 9.18 Å². The molecule has 1 aromatic rings. The largest absolute Gasteiger partial charge is 0.356 e. The van der Waals surface area contributed by atoms with Gasteiger partial charge in [0.05, 0.1) is 11.1 Å². The molecule has 4 nitrogen and oxygen atoms in total. The molecule has 2 rings (SSSR count). The van der Waals surface area contributed by atoms with Crippen molar-refractivity contribution in [3.05, 3.63) is 23.0 Å². The quantitative estimate of drug-likeness (QED) is 0.731. The molecule has 0 bridgehead atoms. The molecule has 0 saturated carbocycles. The normalized spacial score (nSPS) is 25.4. The van der Waals surface area contributed by atoms with E-state index in [-0.39, 0.29) is 12.5 Å². The number of piperidine rings is 1. The predicted molar refractivity (Wildman–Crippen MR) is 59.4 cm³/mol. The van der Waals surface area contributed by atoms with Gasteiger partial charge in [-0.05, 0) is 19.0 Å². The highest BCUT2D eigenvalue weighted by atomic mass is 35.5. The van der Waals surface area contributed by atoms with Crippen LogP contribution >= 0.6 is 11.6 Å². The van der Waals surface area contributed by atoms with Gasteiger partial charge in [0.2, 0.25) is 0 Å². The topological polar surface area (TPSA) is 56.9 Å². The van der Waals surface area contributed by atoms with Gasteiger partial charge in [-0.1, -0.05) is 11.6 Å². The molecular weight excluding hydrogens is 233 g/mol. The summed E-state index contributed by atoms with van der Waals surface area (Å²) in [7, 11) is 0. The van der Waals surface area contributed by atoms with E-state index in [1.807, 2.05) is 0 Å². The maximum atomic E-state index is 13.4. The van der Waals surface area contributed by atoms with Crippen LogP contribution < -0.4 is 10.6 Å². The zero-order chi connectivity index (χ0) is 11.5. The second kappa shape index (κ2) is 4.84. The number of alkyl halides is 1. The number of hydrogen-bond donors (Lipinski definition) is 3. The molecule has 1 fully saturated rings. The third kappa shape index (κ3) is 2.54. The average Bonchev–Trinajstić information content (AvgIpc) is 2.68. The van der Waals surface area contributed by atoms with Crippen molar-refractivity contribution in [2.75, 3.05) is 13.1 Å². The summed E-state index contributed by atoms with van der Waals surface area (Å²) in [5, 5.41) is 6.05. The van der Waals surface area contributed by atoms with E-state index in [2.05, 4.69) is 15.6 Å². The Bertz CT molecular complexity index is 382. The standard InChI is InChI=1S/C10H13ClFN3O/c11-6-3-9(14-4-6)10(16)15-8-1-2-13-5-7(8)12/h3-4,7-8,13-14H,1-2,5H2,(H,15,16)/t7-,8+/m0/s1. The third-order valence-corrected chi connectivity index (χ3v) is 2.84. The zero-order valence-electron chi connectivity index (χ0n) is 8.59. The van der Waals surface area contributed by atoms with Crippen LogP contribution in [0.2, 0.25) is 5.02 Å². The van der Waals surface area contributed by atoms with Gasteiger partial charge in [0.15, 0.2) is 0 Å². The maximum absolute atomic E-state index is 13.4. The van der Waals surface area contributed by atoms with Gasteiger partial charge in [-0.3, -0.25) is 4.79 Å². The number of H-pyrrole nitrogens is 1. The average molecular weight is 246 g/mol. The van der Waals surface area contributed by atoms with Crippen LogP contribution in [-0.2, 0) is 0 Å². The summed E-state index contributed by atoms with van der Waals surface area (Å²) < 4.78 is 13.4. The van der Waals surface area contributed by atoms with Gasteiger partial charge in [-0.15, -0.1) is 0 Å². The molecular formula is C10H13ClFN3O. The SMILES string of the molecule is O=C(N[C@@H]1CCNC[C@@H]1F)c1cc(Cl)c[nH]1. The molecule has 88 valence electrons. The van der Waals surface area contributed by atoms with Gasteiger partial charge in [0.1, 0.15) is 11.9 Å². The van der Waals surface area contributed by atoms with Gasteiger partial charge in [-0.2, -0.15) is 0 Å². The summed E-state index contributed by atoms with van der Waals surface area (Å²) in [4.78, 5) is 14.4. The molecule has 1 aromatic heterocycles. The van der Waals surface area contributed by atoms with Crippen LogP contribution in [0.5, 0.6) is 0 Å². The van der Waals surface area contributed by atoms with Crippen LogP contribution in [0.3, 0.4) is 0 Å². The van der Waals surface area contributed by atoms with E-state index in [1.165, 1.54) is 12.3 Å². The number of aromatic nitrogens is 1. The Hall–Kier alpha value is -1.07. The Labute approximate surface area is 97.6 Å². The summed E-state index contributed by atoms with van der Waals surface area (Å²) in [5.74, 6) is -0.318. The zero-order valence-corrected chi connectivity index (χ0v) is 9.35. The first-order valence-electron chi connectivity index (χ1n) is 5.16. The number of hydrogen-bond acceptors (Lipinski definition) is 2. The smallest absolute Gasteiger partial charge is 0.268 e. The highest BCUT2D eigenvalue weighted by Crippen LogP contribution is 2.11. The van der Waals surface area contributed by atoms with Crippen molar-refractivity contribution in [1.29, 1.82) is 0 Å². The fourth-order valence-corrected chi connectivity index (χ4v) is 1.89. The minimum atomic E-state index is -1.04. The summed E-state index contributed by atoms with van der Waals surface area (Å²) in [6.45, 7) is 1.01. The lowest BCUT2D eigenvalue weighted by Gasteiger charge is -2.27. The van der Waals surface area contributed by atoms with Crippen molar-refractivity contribution in [1.82, 2.24) is 15.6 Å². The Morgan fingerprint density at radius 3 is 3.06 bits per heavy atom. The van der Waals surface area contributed by atoms with Crippen molar-refractivity contribution in [3.8, 4) is 0 Å². The molecule has 1 aliphatic heterocycles. The third-order valence-electron chi connectivity index (χ3n) is 2.62. The lowest BCUT2D eigenvalue weighted by Crippen LogP contribution is -2.50. The molecule has 2 heterocycles. The molecule has 6 heteroatoms. The molecule has 16 heavy (non-hydrogen) atoms. The van der Waals surface area contributed by atoms with E-state index in [0.717, 1.165) is 6.54 Å². The van der Waals surface area contributed by atoms with E-state index in [1.54, 1.807) is 0 Å². The number of carbonyl (C=O) groups is 1. The fourth-order valence-electron chi connectivity index (χ4n) is 1.73. The minimum Gasteiger partial charge on any atom is -0.356 e. The predicted octanol–water partition coefficient (Wildman–Crippen LogP) is 1.10. The van der Waals surface area contributed by atoms with E-state index < -0.39 is 12.2 Å². The first kappa shape index (κ1) is 11.4. The second-order valence-corrected chi connectivity index (χ2v) is 4.26. The lowest BCUT2D eigenvalue weighted by molar-refractivity contribution is 0.0888. The number of nitrogens with one attached hydrogen (secondary N) is 3. The van der Waals surface area contributed by atoms with Crippen LogP contribution in [-0.4, -0.2) is 36.2 Å². The number of rotatable bonds is 2. The Morgan fingerprint density at radius 1 is 1.62 bits per heavy atom. The number of amides is 1. The molecule has 0 unspecified atom stereocenters. The van der Waals surface area contributed by atoms with Gasteiger partial charge < -0.3 is 15.6 Å². The van der Waals surface area contributed by atoms with Crippen molar-refractivity contribution in [2.24, 2.45) is 0 Å². The molecule has 1 amide bonds. The summed E-state index contributed by atoms with van der Waals surface area (Å²) in [5.41, 5.74) is 0.357. The van der Waals surface area contributed by atoms with Gasteiger partial charge in [0, 0.05) is 12.7 Å². The Morgan fingerprint density at radius 2 is 2.44 bits per heavy atom. The van der Waals surface area contributed by atoms with Gasteiger partial charge in [-0.25, -0.2) is 4.39 Å². The summed E-state index contributed by atoms with van der Waals surface area (Å²) in [6.07, 6.45) is 1.08. The first-order chi connectivity index (χ1) is 7.66. The van der Waals surface area contributed by atoms with Crippen molar-refractivity contribution in [2.45, 2.75) is 18.6 Å². The van der Waals surface area contributed by atoms with Crippen LogP contribution in [0.4, 0.5) is 4.39 Å². The molecule has 0 spiro atoms. The minimum absolute atomic E-state index is 0.288. The van der Waals surface area contributed by atoms with E-state index in [9.17, 15) is 9.18 Å². The van der Waals surface area contributed by atoms with Gasteiger partial charge in [0.25, 0.3) is 5.91 Å². The fraction of sp³-hybridized carbons (Fsp3) is 0.500. The molecule has 2 atom stereocenters. The van der Waals surface area contributed by atoms with E-state index in [0.29, 0.717) is 17.1 Å². The van der Waals surface area contributed by atoms with Crippen molar-refractivity contribution >= 4 is 17.5 Å². The number of halogens is 2. The highest BCUT2D eigenvalue weighted by molar-refractivity contribution is 6.30. The number of aromatic amines is 1. The van der Waals surface area contributed by atoms with E-state index in [4.69, 9.17) is 11.6 Å². The number of carbonyl (C=O) groups excluding carboxylic acids is 1. The van der Waals surface area contributed by atoms with Crippen molar-refractivity contribution in [3.63, 3.8) is 0 Å². The monoisotopic (exact) mass is 245 g/mol. The molecule has 1 saturated heterocycles. The molecule has 3 N–H and O–H groups in total. The first-order valence-corrected chi connectivity index (χ1v) is 5.54. The summed E-state index contributed by atoms with van der Waals surface area (Å²) in [6, 6.07) is 1.10. The maximum Gasteiger partial charge on any atom is 0.268 e. The summed E-state index contributed by atoms with van der Waals surface area (Å²) >= 11 is 5.68.